The second kappa shape index (κ2) is 9.00. The number of aldehydes is 1. The van der Waals surface area contributed by atoms with Gasteiger partial charge in [0.05, 0.1) is 11.7 Å². The number of hydrogen-bond acceptors (Lipinski definition) is 3. The molecule has 0 aliphatic carbocycles. The summed E-state index contributed by atoms with van der Waals surface area (Å²) in [6, 6.07) is 7.55. The molecular formula is C21H25ClFN3O. The number of halogens is 2. The lowest BCUT2D eigenvalue weighted by molar-refractivity contribution is 0.112. The van der Waals surface area contributed by atoms with Crippen LogP contribution in [0.15, 0.2) is 30.5 Å². The molecule has 4 nitrogen and oxygen atoms in total. The molecule has 3 aromatic rings. The van der Waals surface area contributed by atoms with Gasteiger partial charge in [-0.3, -0.25) is 4.79 Å². The van der Waals surface area contributed by atoms with Crippen molar-refractivity contribution in [2.45, 2.75) is 40.2 Å². The zero-order valence-corrected chi connectivity index (χ0v) is 16.7. The highest BCUT2D eigenvalue weighted by Crippen LogP contribution is 2.31. The van der Waals surface area contributed by atoms with Gasteiger partial charge >= 0.3 is 0 Å². The summed E-state index contributed by atoms with van der Waals surface area (Å²) in [5, 5.41) is 3.98. The van der Waals surface area contributed by atoms with Crippen molar-refractivity contribution >= 4 is 35.4 Å². The van der Waals surface area contributed by atoms with Crippen molar-refractivity contribution in [1.82, 2.24) is 9.55 Å². The molecule has 0 atom stereocenters. The minimum atomic E-state index is -0.285. The zero-order valence-electron chi connectivity index (χ0n) is 15.9. The van der Waals surface area contributed by atoms with E-state index < -0.39 is 0 Å². The van der Waals surface area contributed by atoms with Gasteiger partial charge in [-0.05, 0) is 37.8 Å². The van der Waals surface area contributed by atoms with E-state index in [1.807, 2.05) is 38.1 Å². The van der Waals surface area contributed by atoms with Crippen molar-refractivity contribution in [3.05, 3.63) is 58.7 Å². The van der Waals surface area contributed by atoms with Crippen LogP contribution in [-0.4, -0.2) is 22.4 Å². The average Bonchev–Trinajstić information content (AvgIpc) is 2.90. The summed E-state index contributed by atoms with van der Waals surface area (Å²) in [4.78, 5) is 15.5. The molecule has 0 saturated heterocycles. The van der Waals surface area contributed by atoms with Crippen LogP contribution in [0.4, 0.5) is 10.2 Å². The van der Waals surface area contributed by atoms with E-state index in [-0.39, 0.29) is 18.2 Å². The Morgan fingerprint density at radius 1 is 1.26 bits per heavy atom. The van der Waals surface area contributed by atoms with E-state index in [9.17, 15) is 9.18 Å². The summed E-state index contributed by atoms with van der Waals surface area (Å²) in [6.45, 7) is 7.53. The van der Waals surface area contributed by atoms with Gasteiger partial charge in [0.1, 0.15) is 6.29 Å². The molecule has 1 aromatic carbocycles. The van der Waals surface area contributed by atoms with Crippen molar-refractivity contribution in [3.63, 3.8) is 0 Å². The Morgan fingerprint density at radius 2 is 2.00 bits per heavy atom. The lowest BCUT2D eigenvalue weighted by atomic mass is 10.1. The molecule has 1 N–H and O–H groups in total. The number of hydrogen-bond donors (Lipinski definition) is 1. The summed E-state index contributed by atoms with van der Waals surface area (Å²) >= 11 is 0. The molecule has 0 bridgehead atoms. The van der Waals surface area contributed by atoms with Gasteiger partial charge in [0.25, 0.3) is 0 Å². The molecule has 144 valence electrons. The number of aromatic nitrogens is 2. The molecule has 3 rings (SSSR count). The Hall–Kier alpha value is -2.40. The first-order valence-corrected chi connectivity index (χ1v) is 8.99. The summed E-state index contributed by atoms with van der Waals surface area (Å²) < 4.78 is 16.5. The first-order chi connectivity index (χ1) is 12.6. The van der Waals surface area contributed by atoms with Gasteiger partial charge in [-0.1, -0.05) is 31.2 Å². The lowest BCUT2D eigenvalue weighted by Crippen LogP contribution is -2.10. The quantitative estimate of drug-likeness (QED) is 0.572. The van der Waals surface area contributed by atoms with E-state index in [1.54, 1.807) is 0 Å². The Morgan fingerprint density at radius 3 is 2.70 bits per heavy atom. The second-order valence-electron chi connectivity index (χ2n) is 6.53. The number of pyridine rings is 1. The molecule has 27 heavy (non-hydrogen) atoms. The molecule has 6 heteroatoms. The first kappa shape index (κ1) is 20.9. The van der Waals surface area contributed by atoms with Crippen LogP contribution >= 0.6 is 12.4 Å². The molecular weight excluding hydrogens is 365 g/mol. The minimum absolute atomic E-state index is 0. The van der Waals surface area contributed by atoms with Crippen molar-refractivity contribution in [3.8, 4) is 0 Å². The largest absolute Gasteiger partial charge is 0.368 e. The van der Waals surface area contributed by atoms with E-state index in [0.29, 0.717) is 29.7 Å². The summed E-state index contributed by atoms with van der Waals surface area (Å²) in [5.41, 5.74) is 4.55. The highest BCUT2D eigenvalue weighted by Gasteiger charge is 2.18. The number of carbonyl (C=O) groups excluding carboxylic acids is 1. The van der Waals surface area contributed by atoms with Crippen LogP contribution in [0.5, 0.6) is 0 Å². The van der Waals surface area contributed by atoms with E-state index in [4.69, 9.17) is 0 Å². The fourth-order valence-electron chi connectivity index (χ4n) is 3.47. The van der Waals surface area contributed by atoms with Crippen molar-refractivity contribution in [1.29, 1.82) is 0 Å². The van der Waals surface area contributed by atoms with Crippen LogP contribution in [0.2, 0.25) is 0 Å². The predicted octanol–water partition coefficient (Wildman–Crippen LogP) is 5.09. The number of carbonyl (C=O) groups is 1. The molecule has 0 aliphatic rings. The second-order valence-corrected chi connectivity index (χ2v) is 6.53. The van der Waals surface area contributed by atoms with Crippen LogP contribution < -0.4 is 5.32 Å². The smallest absolute Gasteiger partial charge is 0.151 e. The van der Waals surface area contributed by atoms with Gasteiger partial charge in [-0.25, -0.2) is 9.37 Å². The number of fused-ring (bicyclic) bond motifs is 1. The molecule has 0 amide bonds. The highest BCUT2D eigenvalue weighted by molar-refractivity contribution is 5.93. The van der Waals surface area contributed by atoms with Gasteiger partial charge in [0, 0.05) is 29.7 Å². The van der Waals surface area contributed by atoms with Gasteiger partial charge in [0.2, 0.25) is 0 Å². The summed E-state index contributed by atoms with van der Waals surface area (Å²) in [5.74, 6) is 0.405. The van der Waals surface area contributed by atoms with E-state index >= 15 is 0 Å². The molecule has 2 heterocycles. The molecule has 0 spiro atoms. The van der Waals surface area contributed by atoms with Crippen LogP contribution in [0.25, 0.3) is 10.9 Å². The van der Waals surface area contributed by atoms with Gasteiger partial charge in [0.15, 0.2) is 11.6 Å². The Kier molecular flexibility index (Phi) is 6.97. The number of benzene rings is 1. The van der Waals surface area contributed by atoms with Crippen LogP contribution in [0, 0.1) is 19.7 Å². The Bertz CT molecular complexity index is 952. The van der Waals surface area contributed by atoms with Gasteiger partial charge < -0.3 is 9.88 Å². The SMILES string of the molecule is CCCn1c(C)c(C)c2c(F)cnc(NCCc3ccccc3C=O)c21.Cl. The fraction of sp³-hybridized carbons (Fsp3) is 0.333. The third-order valence-corrected chi connectivity index (χ3v) is 4.92. The van der Waals surface area contributed by atoms with Crippen LogP contribution in [0.3, 0.4) is 0 Å². The van der Waals surface area contributed by atoms with E-state index in [2.05, 4.69) is 21.8 Å². The molecule has 0 radical (unpaired) electrons. The summed E-state index contributed by atoms with van der Waals surface area (Å²) in [7, 11) is 0. The Labute approximate surface area is 165 Å². The maximum Gasteiger partial charge on any atom is 0.151 e. The number of anilines is 1. The Balaban J connectivity index is 0.00000261. The van der Waals surface area contributed by atoms with Crippen LogP contribution in [0.1, 0.15) is 40.5 Å². The fourth-order valence-corrected chi connectivity index (χ4v) is 3.47. The lowest BCUT2D eigenvalue weighted by Gasteiger charge is -2.12. The number of nitrogens with one attached hydrogen (secondary N) is 1. The van der Waals surface area contributed by atoms with E-state index in [0.717, 1.165) is 41.6 Å². The van der Waals surface area contributed by atoms with Gasteiger partial charge in [-0.2, -0.15) is 0 Å². The van der Waals surface area contributed by atoms with Crippen molar-refractivity contribution < 1.29 is 9.18 Å². The normalized spacial score (nSPS) is 10.7. The number of rotatable bonds is 7. The van der Waals surface area contributed by atoms with E-state index in [1.165, 1.54) is 6.20 Å². The molecule has 2 aromatic heterocycles. The molecule has 0 aliphatic heterocycles. The highest BCUT2D eigenvalue weighted by atomic mass is 35.5. The molecule has 0 unspecified atom stereocenters. The number of nitrogens with zero attached hydrogens (tertiary/aromatic N) is 2. The third kappa shape index (κ3) is 3.98. The standard InChI is InChI=1S/C21H24FN3O.ClH/c1-4-11-25-15(3)14(2)19-18(22)12-24-21(20(19)25)23-10-9-16-7-5-6-8-17(16)13-26;/h5-8,12-13H,4,9-11H2,1-3H3,(H,23,24);1H. The zero-order chi connectivity index (χ0) is 18.7. The number of aryl methyl sites for hydroxylation is 2. The van der Waals surface area contributed by atoms with Crippen LogP contribution in [-0.2, 0) is 13.0 Å². The van der Waals surface area contributed by atoms with Gasteiger partial charge in [-0.15, -0.1) is 12.4 Å². The maximum atomic E-state index is 14.4. The molecule has 0 saturated carbocycles. The summed E-state index contributed by atoms with van der Waals surface area (Å²) in [6.07, 6.45) is 3.82. The van der Waals surface area contributed by atoms with Crippen molar-refractivity contribution in [2.24, 2.45) is 0 Å². The average molecular weight is 390 g/mol. The predicted molar refractivity (Wildman–Crippen MR) is 111 cm³/mol. The maximum absolute atomic E-state index is 14.4. The third-order valence-electron chi connectivity index (χ3n) is 4.92. The first-order valence-electron chi connectivity index (χ1n) is 8.99. The van der Waals surface area contributed by atoms with Crippen molar-refractivity contribution in [2.75, 3.05) is 11.9 Å². The monoisotopic (exact) mass is 389 g/mol. The topological polar surface area (TPSA) is 46.9 Å². The molecule has 0 fully saturated rings. The minimum Gasteiger partial charge on any atom is -0.368 e.